The molecule has 0 saturated carbocycles. The minimum absolute atomic E-state index is 0. The van der Waals surface area contributed by atoms with Crippen molar-refractivity contribution in [2.45, 2.75) is 99.8 Å². The van der Waals surface area contributed by atoms with E-state index in [1.54, 1.807) is 21.7 Å². The van der Waals surface area contributed by atoms with Crippen LogP contribution in [0.4, 0.5) is 0 Å². The van der Waals surface area contributed by atoms with Crippen LogP contribution in [0.15, 0.2) is 0 Å². The van der Waals surface area contributed by atoms with Gasteiger partial charge in [0.05, 0.1) is 0 Å². The molecular weight excluding hydrogens is 391 g/mol. The molecule has 0 spiro atoms. The van der Waals surface area contributed by atoms with E-state index in [4.69, 9.17) is 0 Å². The maximum absolute atomic E-state index is 2.30. The molecule has 0 amide bonds. The van der Waals surface area contributed by atoms with Crippen LogP contribution < -0.4 is 0 Å². The fraction of sp³-hybridized carbons (Fsp3) is 1.00. The molecule has 0 aliphatic carbocycles. The van der Waals surface area contributed by atoms with Crippen LogP contribution in [0.1, 0.15) is 90.9 Å². The topological polar surface area (TPSA) is 0 Å². The first kappa shape index (κ1) is 21.6. The number of unbranched alkanes of at least 4 members (excludes halogenated alkanes) is 10. The van der Waals surface area contributed by atoms with Crippen LogP contribution in [0.2, 0.25) is 8.87 Å². The molecule has 0 aromatic rings. The third-order valence-corrected chi connectivity index (χ3v) is 7.45. The van der Waals surface area contributed by atoms with Gasteiger partial charge in [-0.25, -0.2) is 0 Å². The molecule has 0 saturated heterocycles. The van der Waals surface area contributed by atoms with Crippen LogP contribution in [0.5, 0.6) is 0 Å². The zero-order chi connectivity index (χ0) is 12.6. The van der Waals surface area contributed by atoms with Crippen molar-refractivity contribution >= 4 is 38.1 Å². The summed E-state index contributed by atoms with van der Waals surface area (Å²) < 4.78 is 3.31. The van der Waals surface area contributed by atoms with E-state index in [9.17, 15) is 0 Å². The van der Waals surface area contributed by atoms with Gasteiger partial charge in [0.1, 0.15) is 0 Å². The summed E-state index contributed by atoms with van der Waals surface area (Å²) in [5, 5.41) is 0. The van der Waals surface area contributed by atoms with E-state index >= 15 is 0 Å². The second-order valence-electron chi connectivity index (χ2n) is 5.29. The van der Waals surface area contributed by atoms with E-state index in [0.29, 0.717) is 0 Å². The van der Waals surface area contributed by atoms with Crippen molar-refractivity contribution < 1.29 is 0 Å². The summed E-state index contributed by atoms with van der Waals surface area (Å²) in [5.41, 5.74) is 0. The molecule has 2 heteroatoms. The van der Waals surface area contributed by atoms with Gasteiger partial charge in [-0.05, 0) is 0 Å². The van der Waals surface area contributed by atoms with Crippen LogP contribution in [-0.4, -0.2) is 21.1 Å². The van der Waals surface area contributed by atoms with E-state index in [-0.39, 0.29) is 38.1 Å². The Morgan fingerprint density at radius 2 is 0.833 bits per heavy atom. The van der Waals surface area contributed by atoms with Crippen LogP contribution in [0, 0.1) is 0 Å². The fourth-order valence-electron chi connectivity index (χ4n) is 2.19. The van der Waals surface area contributed by atoms with Crippen LogP contribution in [0.25, 0.3) is 0 Å². The van der Waals surface area contributed by atoms with E-state index < -0.39 is 0 Å². The molecule has 18 heavy (non-hydrogen) atoms. The van der Waals surface area contributed by atoms with Crippen LogP contribution in [0.3, 0.4) is 0 Å². The van der Waals surface area contributed by atoms with Gasteiger partial charge in [0.15, 0.2) is 0 Å². The van der Waals surface area contributed by atoms with E-state index in [2.05, 4.69) is 13.8 Å². The number of hydrogen-bond acceptors (Lipinski definition) is 0. The fourth-order valence-corrected chi connectivity index (χ4v) is 5.75. The average Bonchev–Trinajstić information content (AvgIpc) is 2.35. The predicted octanol–water partition coefficient (Wildman–Crippen LogP) is 6.83. The maximum atomic E-state index is 2.30. The van der Waals surface area contributed by atoms with Gasteiger partial charge in [-0.1, -0.05) is 0 Å². The van der Waals surface area contributed by atoms with Crippen LogP contribution in [-0.2, 0) is 0 Å². The SMILES string of the molecule is Br.CCCCCCC[CH2][Sn][CH2]CCCCCCC. The molecule has 0 aromatic heterocycles. The van der Waals surface area contributed by atoms with E-state index in [1.807, 2.05) is 0 Å². The Balaban J connectivity index is 0. The van der Waals surface area contributed by atoms with Crippen molar-refractivity contribution in [1.29, 1.82) is 0 Å². The molecule has 0 aromatic carbocycles. The molecule has 0 nitrogen and oxygen atoms in total. The Bertz CT molecular complexity index is 114. The second kappa shape index (κ2) is 20.6. The Morgan fingerprint density at radius 3 is 1.22 bits per heavy atom. The monoisotopic (exact) mass is 426 g/mol. The van der Waals surface area contributed by atoms with Gasteiger partial charge in [0, 0.05) is 0 Å². The number of hydrogen-bond donors (Lipinski definition) is 0. The summed E-state index contributed by atoms with van der Waals surface area (Å²) in [6, 6.07) is 0. The summed E-state index contributed by atoms with van der Waals surface area (Å²) in [6.07, 6.45) is 17.8. The zero-order valence-electron chi connectivity index (χ0n) is 12.8. The Kier molecular flexibility index (Phi) is 24.7. The summed E-state index contributed by atoms with van der Waals surface area (Å²) in [6.45, 7) is 4.60. The van der Waals surface area contributed by atoms with Crippen molar-refractivity contribution in [2.24, 2.45) is 0 Å². The number of halogens is 1. The van der Waals surface area contributed by atoms with Gasteiger partial charge in [0.25, 0.3) is 0 Å². The van der Waals surface area contributed by atoms with Crippen molar-refractivity contribution in [1.82, 2.24) is 0 Å². The summed E-state index contributed by atoms with van der Waals surface area (Å²) in [7, 11) is 0. The second-order valence-corrected chi connectivity index (χ2v) is 9.57. The van der Waals surface area contributed by atoms with Gasteiger partial charge in [-0.2, -0.15) is 0 Å². The molecule has 0 heterocycles. The third-order valence-electron chi connectivity index (χ3n) is 3.41. The first-order valence-electron chi connectivity index (χ1n) is 8.12. The summed E-state index contributed by atoms with van der Waals surface area (Å²) in [5.74, 6) is 0. The van der Waals surface area contributed by atoms with E-state index in [1.165, 1.54) is 64.2 Å². The average molecular weight is 426 g/mol. The molecule has 110 valence electrons. The van der Waals surface area contributed by atoms with E-state index in [0.717, 1.165) is 0 Å². The molecule has 0 aliphatic heterocycles. The molecule has 0 fully saturated rings. The molecule has 0 rings (SSSR count). The molecular formula is C16H35BrSn. The van der Waals surface area contributed by atoms with Gasteiger partial charge >= 0.3 is 121 Å². The van der Waals surface area contributed by atoms with Crippen molar-refractivity contribution in [3.8, 4) is 0 Å². The first-order chi connectivity index (χ1) is 8.41. The van der Waals surface area contributed by atoms with Crippen molar-refractivity contribution in [3.63, 3.8) is 0 Å². The van der Waals surface area contributed by atoms with Crippen LogP contribution >= 0.6 is 17.0 Å². The standard InChI is InChI=1S/2C8H17.BrH.Sn/c2*1-3-5-7-8-6-4-2;;/h2*1,3-8H2,2H3;1H;. The van der Waals surface area contributed by atoms with Gasteiger partial charge < -0.3 is 0 Å². The quantitative estimate of drug-likeness (QED) is 0.211. The third kappa shape index (κ3) is 19.6. The Hall–Kier alpha value is 1.28. The Labute approximate surface area is 137 Å². The van der Waals surface area contributed by atoms with Gasteiger partial charge in [-0.15, -0.1) is 17.0 Å². The normalized spacial score (nSPS) is 10.3. The van der Waals surface area contributed by atoms with Crippen molar-refractivity contribution in [2.75, 3.05) is 0 Å². The summed E-state index contributed by atoms with van der Waals surface area (Å²) in [4.78, 5) is 0. The molecule has 0 N–H and O–H groups in total. The van der Waals surface area contributed by atoms with Crippen molar-refractivity contribution in [3.05, 3.63) is 0 Å². The first-order valence-corrected chi connectivity index (χ1v) is 12.2. The Morgan fingerprint density at radius 1 is 0.500 bits per heavy atom. The number of rotatable bonds is 14. The molecule has 0 bridgehead atoms. The molecule has 0 aliphatic rings. The predicted molar refractivity (Wildman–Crippen MR) is 92.4 cm³/mol. The molecule has 0 atom stereocenters. The molecule has 2 radical (unpaired) electrons. The molecule has 0 unspecified atom stereocenters. The van der Waals surface area contributed by atoms with Gasteiger partial charge in [0.2, 0.25) is 0 Å². The van der Waals surface area contributed by atoms with Gasteiger partial charge in [-0.3, -0.25) is 0 Å². The minimum atomic E-state index is 0. The zero-order valence-corrected chi connectivity index (χ0v) is 17.4. The summed E-state index contributed by atoms with van der Waals surface area (Å²) >= 11 is 0.0736.